The van der Waals surface area contributed by atoms with E-state index in [4.69, 9.17) is 30.7 Å². The lowest BCUT2D eigenvalue weighted by molar-refractivity contribution is 0.778. The van der Waals surface area contributed by atoms with Crippen molar-refractivity contribution in [3.8, 4) is 0 Å². The largest absolute Gasteiger partial charge is 0.383 e. The van der Waals surface area contributed by atoms with Gasteiger partial charge in [0.1, 0.15) is 28.4 Å². The Morgan fingerprint density at radius 1 is 0.489 bits per heavy atom. The summed E-state index contributed by atoms with van der Waals surface area (Å²) in [5.74, 6) is 2.88. The number of aromatic nitrogens is 2. The molecule has 0 fully saturated rings. The second kappa shape index (κ2) is 14.6. The first-order valence-corrected chi connectivity index (χ1v) is 16.5. The van der Waals surface area contributed by atoms with E-state index in [2.05, 4.69) is 23.0 Å². The predicted molar refractivity (Wildman–Crippen MR) is 197 cm³/mol. The van der Waals surface area contributed by atoms with E-state index in [1.54, 1.807) is 0 Å². The minimum atomic E-state index is -0.207. The molecule has 1 atom stereocenters. The second-order valence-corrected chi connectivity index (χ2v) is 10.2. The van der Waals surface area contributed by atoms with E-state index in [-0.39, 0.29) is 6.04 Å². The summed E-state index contributed by atoms with van der Waals surface area (Å²) in [7, 11) is 0. The number of nitrogens with zero attached hydrogens (tertiary/aromatic N) is 5. The summed E-state index contributed by atoms with van der Waals surface area (Å²) in [6.45, 7) is 14.1. The van der Waals surface area contributed by atoms with Gasteiger partial charge in [0.25, 0.3) is 0 Å². The summed E-state index contributed by atoms with van der Waals surface area (Å²) in [6.07, 6.45) is 0. The van der Waals surface area contributed by atoms with Crippen LogP contribution in [0.25, 0.3) is 21.5 Å². The Labute approximate surface area is 275 Å². The standard InChI is InChI=1S/C33H24N8.3C2H6/c1-18-19-10-2-3-11-20(19)27(34)36-29-22-13-5-7-15-24(22)31(38-29)40-33-26-17-9-8-16-25(26)32(41-33)39-30-23-14-6-4-12-21(23)28(35-18)37-30;3*1-2/h2-18,38H,1H3,(H2,34,36)(H,35,37,39,40,41);3*1-2H3. The van der Waals surface area contributed by atoms with Gasteiger partial charge in [-0.25, -0.2) is 20.0 Å². The molecule has 8 rings (SSSR count). The predicted octanol–water partition coefficient (Wildman–Crippen LogP) is 8.62. The number of aromatic amines is 2. The number of aliphatic imine (C=N–C) groups is 3. The van der Waals surface area contributed by atoms with E-state index in [0.29, 0.717) is 34.6 Å². The van der Waals surface area contributed by atoms with Gasteiger partial charge in [0.15, 0.2) is 11.7 Å². The molecule has 2 aliphatic rings. The third-order valence-corrected chi connectivity index (χ3v) is 7.65. The van der Waals surface area contributed by atoms with Crippen LogP contribution in [-0.2, 0) is 0 Å². The molecule has 2 aliphatic heterocycles. The number of rotatable bonds is 0. The Morgan fingerprint density at radius 3 is 1.57 bits per heavy atom. The second-order valence-electron chi connectivity index (χ2n) is 10.2. The highest BCUT2D eigenvalue weighted by atomic mass is 15.1. The molecule has 2 aromatic heterocycles. The fourth-order valence-electron chi connectivity index (χ4n) is 5.67. The maximum Gasteiger partial charge on any atom is 0.164 e. The van der Waals surface area contributed by atoms with Crippen molar-refractivity contribution in [2.75, 3.05) is 0 Å². The van der Waals surface area contributed by atoms with Gasteiger partial charge in [0.2, 0.25) is 0 Å². The number of nitrogens with two attached hydrogens (primary N) is 1. The average Bonchev–Trinajstić information content (AvgIpc) is 3.79. The fourth-order valence-corrected chi connectivity index (χ4v) is 5.67. The zero-order valence-electron chi connectivity index (χ0n) is 28.1. The Balaban J connectivity index is 0.000000686. The zero-order chi connectivity index (χ0) is 33.5. The summed E-state index contributed by atoms with van der Waals surface area (Å²) in [5, 5.41) is 3.82. The Bertz CT molecular complexity index is 2250. The van der Waals surface area contributed by atoms with Crippen LogP contribution in [0.1, 0.15) is 76.8 Å². The Hall–Kier alpha value is -5.63. The molecule has 4 aromatic carbocycles. The molecular weight excluding hydrogens is 580 g/mol. The quantitative estimate of drug-likeness (QED) is 0.154. The van der Waals surface area contributed by atoms with E-state index >= 15 is 0 Å². The maximum atomic E-state index is 6.70. The van der Waals surface area contributed by atoms with Gasteiger partial charge in [-0.15, -0.1) is 0 Å². The number of nitrogens with one attached hydrogen (secondary N) is 2. The first-order valence-electron chi connectivity index (χ1n) is 16.5. The Kier molecular flexibility index (Phi) is 10.2. The van der Waals surface area contributed by atoms with Gasteiger partial charge in [-0.05, 0) is 12.5 Å². The Morgan fingerprint density at radius 2 is 0.957 bits per heavy atom. The summed E-state index contributed by atoms with van der Waals surface area (Å²) in [4.78, 5) is 31.8. The highest BCUT2D eigenvalue weighted by Gasteiger charge is 2.23. The molecule has 238 valence electrons. The van der Waals surface area contributed by atoms with Crippen molar-refractivity contribution < 1.29 is 0 Å². The van der Waals surface area contributed by atoms with E-state index in [9.17, 15) is 0 Å². The van der Waals surface area contributed by atoms with Gasteiger partial charge in [-0.2, -0.15) is 0 Å². The first-order chi connectivity index (χ1) is 23.1. The van der Waals surface area contributed by atoms with Crippen LogP contribution < -0.4 is 16.7 Å². The van der Waals surface area contributed by atoms with Gasteiger partial charge >= 0.3 is 0 Å². The highest BCUT2D eigenvalue weighted by Crippen LogP contribution is 2.35. The molecule has 0 aliphatic carbocycles. The van der Waals surface area contributed by atoms with Crippen LogP contribution in [0.3, 0.4) is 0 Å². The van der Waals surface area contributed by atoms with Crippen molar-refractivity contribution in [3.05, 3.63) is 130 Å². The SMILES string of the molecule is CC.CC.CC.CC1N=c2[nH]c(c3ccccc23)=NC2=N/C(=N\c3[nH]c(c4ccccc34)/N=C(\N)c3ccccc31)c1ccccc12. The van der Waals surface area contributed by atoms with Gasteiger partial charge in [-0.3, -0.25) is 4.99 Å². The molecule has 4 N–H and O–H groups in total. The number of hydrogen-bond donors (Lipinski definition) is 3. The van der Waals surface area contributed by atoms with Crippen LogP contribution in [0, 0.1) is 0 Å². The van der Waals surface area contributed by atoms with E-state index in [1.165, 1.54) is 0 Å². The van der Waals surface area contributed by atoms with Crippen LogP contribution >= 0.6 is 0 Å². The molecule has 0 saturated carbocycles. The van der Waals surface area contributed by atoms with Crippen molar-refractivity contribution in [2.45, 2.75) is 54.5 Å². The number of amidine groups is 3. The fraction of sp³-hybridized carbons (Fsp3) is 0.205. The molecule has 8 nitrogen and oxygen atoms in total. The number of fused-ring (bicyclic) bond motifs is 15. The molecule has 0 spiro atoms. The lowest BCUT2D eigenvalue weighted by atomic mass is 10.0. The molecule has 6 bridgehead atoms. The molecule has 8 heteroatoms. The minimum Gasteiger partial charge on any atom is -0.383 e. The summed E-state index contributed by atoms with van der Waals surface area (Å²) >= 11 is 0. The van der Waals surface area contributed by atoms with Crippen molar-refractivity contribution in [3.63, 3.8) is 0 Å². The van der Waals surface area contributed by atoms with E-state index in [1.807, 2.05) is 133 Å². The topological polar surface area (TPSA) is 119 Å². The van der Waals surface area contributed by atoms with Gasteiger partial charge < -0.3 is 15.7 Å². The van der Waals surface area contributed by atoms with Crippen LogP contribution in [0.2, 0.25) is 0 Å². The smallest absolute Gasteiger partial charge is 0.164 e. The van der Waals surface area contributed by atoms with Crippen molar-refractivity contribution in [1.82, 2.24) is 9.97 Å². The molecule has 6 aromatic rings. The average molecular weight is 623 g/mol. The summed E-state index contributed by atoms with van der Waals surface area (Å²) in [6, 6.07) is 32.0. The lowest BCUT2D eigenvalue weighted by Gasteiger charge is -2.12. The summed E-state index contributed by atoms with van der Waals surface area (Å²) < 4.78 is 0. The van der Waals surface area contributed by atoms with E-state index < -0.39 is 0 Å². The van der Waals surface area contributed by atoms with Crippen molar-refractivity contribution in [2.24, 2.45) is 30.7 Å². The highest BCUT2D eigenvalue weighted by molar-refractivity contribution is 6.23. The number of H-pyrrole nitrogens is 2. The number of hydrogen-bond acceptors (Lipinski definition) is 6. The molecule has 0 radical (unpaired) electrons. The number of benzene rings is 4. The lowest BCUT2D eigenvalue weighted by Crippen LogP contribution is -2.17. The third-order valence-electron chi connectivity index (χ3n) is 7.65. The normalized spacial score (nSPS) is 16.7. The molecule has 0 amide bonds. The first kappa shape index (κ1) is 32.8. The summed E-state index contributed by atoms with van der Waals surface area (Å²) in [5.41, 5.74) is 11.8. The van der Waals surface area contributed by atoms with Crippen molar-refractivity contribution in [1.29, 1.82) is 0 Å². The molecule has 1 unspecified atom stereocenters. The molecule has 4 heterocycles. The van der Waals surface area contributed by atoms with Gasteiger partial charge in [-0.1, -0.05) is 139 Å². The van der Waals surface area contributed by atoms with Crippen LogP contribution in [0.4, 0.5) is 11.6 Å². The maximum absolute atomic E-state index is 6.70. The van der Waals surface area contributed by atoms with E-state index in [0.717, 1.165) is 49.3 Å². The monoisotopic (exact) mass is 622 g/mol. The molecular formula is C39H42N8. The van der Waals surface area contributed by atoms with Gasteiger partial charge in [0.05, 0.1) is 6.04 Å². The van der Waals surface area contributed by atoms with Crippen LogP contribution in [0.5, 0.6) is 0 Å². The third kappa shape index (κ3) is 6.14. The molecule has 47 heavy (non-hydrogen) atoms. The van der Waals surface area contributed by atoms with Crippen molar-refractivity contribution >= 4 is 50.7 Å². The molecule has 0 saturated heterocycles. The van der Waals surface area contributed by atoms with Gasteiger partial charge in [0, 0.05) is 38.2 Å². The van der Waals surface area contributed by atoms with Crippen LogP contribution in [-0.4, -0.2) is 27.5 Å². The zero-order valence-corrected chi connectivity index (χ0v) is 28.1. The van der Waals surface area contributed by atoms with Crippen LogP contribution in [0.15, 0.2) is 122 Å². The minimum absolute atomic E-state index is 0.207.